The Morgan fingerprint density at radius 1 is 0.862 bits per heavy atom. The molecular weight excluding hydrogens is 386 g/mol. The lowest BCUT2D eigenvalue weighted by Crippen LogP contribution is -2.29. The third-order valence-corrected chi connectivity index (χ3v) is 4.55. The van der Waals surface area contributed by atoms with E-state index in [-0.39, 0.29) is 33.6 Å². The Labute approximate surface area is 161 Å². The lowest BCUT2D eigenvalue weighted by Gasteiger charge is -2.18. The molecule has 0 aliphatic carbocycles. The number of nitro benzene ring substituents is 1. The zero-order valence-electron chi connectivity index (χ0n) is 14.4. The molecule has 3 aromatic carbocycles. The zero-order valence-corrected chi connectivity index (χ0v) is 14.4. The fraction of sp³-hybridized carbons (Fsp3) is 0. The van der Waals surface area contributed by atoms with Crippen molar-refractivity contribution in [2.24, 2.45) is 0 Å². The van der Waals surface area contributed by atoms with Crippen molar-refractivity contribution in [1.29, 1.82) is 0 Å². The van der Waals surface area contributed by atoms with Gasteiger partial charge in [0.05, 0.1) is 21.7 Å². The molecule has 29 heavy (non-hydrogen) atoms. The van der Waals surface area contributed by atoms with Crippen molar-refractivity contribution in [3.63, 3.8) is 0 Å². The summed E-state index contributed by atoms with van der Waals surface area (Å²) in [4.78, 5) is 36.7. The minimum atomic E-state index is -1.20. The van der Waals surface area contributed by atoms with Gasteiger partial charge in [0, 0.05) is 17.7 Å². The number of anilines is 1. The number of hydrogen-bond donors (Lipinski definition) is 1. The molecule has 0 spiro atoms. The van der Waals surface area contributed by atoms with Gasteiger partial charge in [-0.2, -0.15) is 0 Å². The van der Waals surface area contributed by atoms with Crippen LogP contribution in [0, 0.1) is 21.7 Å². The van der Waals surface area contributed by atoms with Crippen LogP contribution in [-0.2, 0) is 0 Å². The van der Waals surface area contributed by atoms with E-state index in [1.54, 1.807) is 6.07 Å². The van der Waals surface area contributed by atoms with Gasteiger partial charge in [0.2, 0.25) is 0 Å². The number of amides is 2. The van der Waals surface area contributed by atoms with E-state index in [1.165, 1.54) is 24.3 Å². The number of aromatic hydroxyl groups is 1. The second-order valence-corrected chi connectivity index (χ2v) is 6.24. The Balaban J connectivity index is 1.86. The number of carbonyl (C=O) groups excluding carboxylic acids is 2. The van der Waals surface area contributed by atoms with E-state index in [0.717, 1.165) is 29.2 Å². The van der Waals surface area contributed by atoms with Crippen LogP contribution in [0.1, 0.15) is 20.7 Å². The molecular formula is C20H10F2N2O5. The third kappa shape index (κ3) is 2.80. The van der Waals surface area contributed by atoms with Gasteiger partial charge in [-0.25, -0.2) is 13.7 Å². The van der Waals surface area contributed by atoms with E-state index in [9.17, 15) is 33.6 Å². The quantitative estimate of drug-likeness (QED) is 0.409. The van der Waals surface area contributed by atoms with Gasteiger partial charge in [-0.3, -0.25) is 19.7 Å². The lowest BCUT2D eigenvalue weighted by molar-refractivity contribution is -0.384. The Hall–Kier alpha value is -4.14. The molecule has 1 heterocycles. The largest absolute Gasteiger partial charge is 0.503 e. The summed E-state index contributed by atoms with van der Waals surface area (Å²) in [7, 11) is 0. The molecule has 7 nitrogen and oxygen atoms in total. The number of fused-ring (bicyclic) bond motifs is 1. The molecule has 0 unspecified atom stereocenters. The molecule has 0 aromatic heterocycles. The summed E-state index contributed by atoms with van der Waals surface area (Å²) in [6, 6.07) is 11.0. The molecule has 1 aliphatic heterocycles. The van der Waals surface area contributed by atoms with Crippen molar-refractivity contribution in [2.75, 3.05) is 4.90 Å². The second-order valence-electron chi connectivity index (χ2n) is 6.24. The molecule has 0 fully saturated rings. The summed E-state index contributed by atoms with van der Waals surface area (Å²) in [5.74, 6) is -5.05. The van der Waals surface area contributed by atoms with Crippen molar-refractivity contribution >= 4 is 23.2 Å². The van der Waals surface area contributed by atoms with Crippen LogP contribution in [0.3, 0.4) is 0 Å². The molecule has 4 rings (SSSR count). The number of carbonyl (C=O) groups is 2. The molecule has 0 atom stereocenters. The number of benzene rings is 3. The smallest absolute Gasteiger partial charge is 0.270 e. The van der Waals surface area contributed by atoms with Crippen LogP contribution in [-0.4, -0.2) is 21.8 Å². The third-order valence-electron chi connectivity index (χ3n) is 4.55. The maximum Gasteiger partial charge on any atom is 0.270 e. The molecule has 2 amide bonds. The topological polar surface area (TPSA) is 101 Å². The highest BCUT2D eigenvalue weighted by Crippen LogP contribution is 2.38. The molecule has 0 bridgehead atoms. The average molecular weight is 396 g/mol. The van der Waals surface area contributed by atoms with Gasteiger partial charge < -0.3 is 5.11 Å². The van der Waals surface area contributed by atoms with Crippen LogP contribution < -0.4 is 4.90 Å². The van der Waals surface area contributed by atoms with Crippen molar-refractivity contribution < 1.29 is 28.4 Å². The van der Waals surface area contributed by atoms with Gasteiger partial charge in [-0.1, -0.05) is 18.2 Å². The van der Waals surface area contributed by atoms with E-state index in [4.69, 9.17) is 0 Å². The normalized spacial score (nSPS) is 13.0. The van der Waals surface area contributed by atoms with Gasteiger partial charge in [-0.15, -0.1) is 0 Å². The van der Waals surface area contributed by atoms with Crippen molar-refractivity contribution in [3.05, 3.63) is 87.5 Å². The van der Waals surface area contributed by atoms with Gasteiger partial charge >= 0.3 is 0 Å². The Morgan fingerprint density at radius 3 is 2.14 bits per heavy atom. The average Bonchev–Trinajstić information content (AvgIpc) is 2.95. The lowest BCUT2D eigenvalue weighted by atomic mass is 10.0. The minimum absolute atomic E-state index is 0.00376. The van der Waals surface area contributed by atoms with E-state index in [0.29, 0.717) is 0 Å². The van der Waals surface area contributed by atoms with Crippen LogP contribution in [0.25, 0.3) is 11.1 Å². The minimum Gasteiger partial charge on any atom is -0.503 e. The first-order valence-electron chi connectivity index (χ1n) is 8.24. The van der Waals surface area contributed by atoms with E-state index < -0.39 is 34.1 Å². The number of imide groups is 1. The van der Waals surface area contributed by atoms with E-state index in [2.05, 4.69) is 0 Å². The second kappa shape index (κ2) is 6.48. The Kier molecular flexibility index (Phi) is 4.08. The summed E-state index contributed by atoms with van der Waals surface area (Å²) >= 11 is 0. The predicted molar refractivity (Wildman–Crippen MR) is 97.7 cm³/mol. The highest BCUT2D eigenvalue weighted by Gasteiger charge is 2.39. The summed E-state index contributed by atoms with van der Waals surface area (Å²) in [6.45, 7) is 0. The maximum absolute atomic E-state index is 13.8. The summed E-state index contributed by atoms with van der Waals surface area (Å²) in [5, 5.41) is 20.3. The summed E-state index contributed by atoms with van der Waals surface area (Å²) in [5.41, 5.74) is -0.292. The highest BCUT2D eigenvalue weighted by atomic mass is 19.1. The molecule has 0 saturated heterocycles. The number of nitro groups is 1. The van der Waals surface area contributed by atoms with Crippen molar-refractivity contribution in [2.45, 2.75) is 0 Å². The fourth-order valence-electron chi connectivity index (χ4n) is 3.19. The SMILES string of the molecule is O=C1c2ccc([N+](=O)[O-])cc2C(=O)N1c1ccccc1-c1cc(F)c(O)c(F)c1. The number of halogens is 2. The summed E-state index contributed by atoms with van der Waals surface area (Å²) in [6.07, 6.45) is 0. The number of non-ortho nitro benzene ring substituents is 1. The predicted octanol–water partition coefficient (Wildman–Crippen LogP) is 4.05. The molecule has 144 valence electrons. The number of para-hydroxylation sites is 1. The van der Waals surface area contributed by atoms with Gasteiger partial charge in [0.25, 0.3) is 17.5 Å². The van der Waals surface area contributed by atoms with E-state index >= 15 is 0 Å². The number of nitrogens with zero attached hydrogens (tertiary/aromatic N) is 2. The Bertz CT molecular complexity index is 1200. The molecule has 1 aliphatic rings. The number of phenolic OH excluding ortho intramolecular Hbond substituents is 1. The first kappa shape index (κ1) is 18.2. The maximum atomic E-state index is 13.8. The molecule has 9 heteroatoms. The van der Waals surface area contributed by atoms with Crippen molar-refractivity contribution in [1.82, 2.24) is 0 Å². The number of phenols is 1. The molecule has 1 N–H and O–H groups in total. The first-order chi connectivity index (χ1) is 13.8. The number of hydrogen-bond acceptors (Lipinski definition) is 5. The highest BCUT2D eigenvalue weighted by molar-refractivity contribution is 6.35. The van der Waals surface area contributed by atoms with E-state index in [1.807, 2.05) is 0 Å². The van der Waals surface area contributed by atoms with Crippen LogP contribution in [0.15, 0.2) is 54.6 Å². The monoisotopic (exact) mass is 396 g/mol. The van der Waals surface area contributed by atoms with Gasteiger partial charge in [0.1, 0.15) is 0 Å². The molecule has 0 saturated carbocycles. The number of rotatable bonds is 3. The van der Waals surface area contributed by atoms with Gasteiger partial charge in [-0.05, 0) is 29.8 Å². The van der Waals surface area contributed by atoms with Crippen molar-refractivity contribution in [3.8, 4) is 16.9 Å². The molecule has 3 aromatic rings. The standard InChI is InChI=1S/C20H10F2N2O5/c21-15-7-10(8-16(22)18(15)25)12-3-1-2-4-17(12)23-19(26)13-6-5-11(24(28)29)9-14(13)20(23)27/h1-9,25H. The van der Waals surface area contributed by atoms with Crippen LogP contribution in [0.2, 0.25) is 0 Å². The van der Waals surface area contributed by atoms with Gasteiger partial charge in [0.15, 0.2) is 17.4 Å². The van der Waals surface area contributed by atoms with Crippen LogP contribution in [0.5, 0.6) is 5.75 Å². The summed E-state index contributed by atoms with van der Waals surface area (Å²) < 4.78 is 27.6. The Morgan fingerprint density at radius 2 is 1.48 bits per heavy atom. The first-order valence-corrected chi connectivity index (χ1v) is 8.24. The fourth-order valence-corrected chi connectivity index (χ4v) is 3.19. The van der Waals surface area contributed by atoms with Crippen LogP contribution >= 0.6 is 0 Å². The zero-order chi connectivity index (χ0) is 20.9. The molecule has 0 radical (unpaired) electrons. The van der Waals surface area contributed by atoms with Crippen LogP contribution in [0.4, 0.5) is 20.2 Å².